The Morgan fingerprint density at radius 2 is 2.46 bits per heavy atom. The molecule has 2 heterocycles. The van der Waals surface area contributed by atoms with E-state index in [1.165, 1.54) is 0 Å². The number of nitrogens with zero attached hydrogens (tertiary/aromatic N) is 3. The van der Waals surface area contributed by atoms with Crippen LogP contribution in [0.25, 0.3) is 0 Å². The minimum absolute atomic E-state index is 0.0348. The molecule has 70 valence electrons. The fourth-order valence-electron chi connectivity index (χ4n) is 1.48. The molecule has 0 aliphatic carbocycles. The van der Waals surface area contributed by atoms with Gasteiger partial charge in [0.25, 0.3) is 5.91 Å². The molecular weight excluding hydrogens is 234 g/mol. The Bertz CT molecular complexity index is 347. The number of carbonyl (C=O) groups excluding carboxylic acids is 1. The van der Waals surface area contributed by atoms with Crippen LogP contribution in [0, 0.1) is 0 Å². The van der Waals surface area contributed by atoms with E-state index in [1.54, 1.807) is 11.1 Å². The fourth-order valence-corrected chi connectivity index (χ4v) is 1.86. The topological polar surface area (TPSA) is 38.1 Å². The highest BCUT2D eigenvalue weighted by atomic mass is 79.9. The fraction of sp³-hybridized carbons (Fsp3) is 0.500. The highest BCUT2D eigenvalue weighted by Gasteiger charge is 2.29. The predicted octanol–water partition coefficient (Wildman–Crippen LogP) is 1.47. The number of fused-ring (bicyclic) bond motifs is 1. The van der Waals surface area contributed by atoms with Crippen molar-refractivity contribution >= 4 is 21.8 Å². The average molecular weight is 244 g/mol. The van der Waals surface area contributed by atoms with Gasteiger partial charge in [0.1, 0.15) is 11.3 Å². The van der Waals surface area contributed by atoms with Gasteiger partial charge in [0, 0.05) is 6.54 Å². The highest BCUT2D eigenvalue weighted by Crippen LogP contribution is 2.20. The lowest BCUT2D eigenvalue weighted by Gasteiger charge is -2.12. The van der Waals surface area contributed by atoms with E-state index in [-0.39, 0.29) is 5.91 Å². The summed E-state index contributed by atoms with van der Waals surface area (Å²) < 4.78 is 2.74. The zero-order chi connectivity index (χ0) is 9.42. The van der Waals surface area contributed by atoms with E-state index in [0.717, 1.165) is 17.6 Å². The molecule has 0 atom stereocenters. The molecule has 0 fully saturated rings. The molecule has 1 aliphatic heterocycles. The van der Waals surface area contributed by atoms with E-state index in [4.69, 9.17) is 0 Å². The molecule has 13 heavy (non-hydrogen) atoms. The molecule has 1 aromatic heterocycles. The minimum atomic E-state index is 0.0348. The van der Waals surface area contributed by atoms with Gasteiger partial charge in [-0.25, -0.2) is 4.98 Å². The van der Waals surface area contributed by atoms with Gasteiger partial charge < -0.3 is 4.90 Å². The molecular formula is C8H10BrN3O. The van der Waals surface area contributed by atoms with Crippen molar-refractivity contribution in [3.63, 3.8) is 0 Å². The lowest BCUT2D eigenvalue weighted by atomic mass is 10.4. The largest absolute Gasteiger partial charge is 0.318 e. The van der Waals surface area contributed by atoms with Gasteiger partial charge >= 0.3 is 0 Å². The van der Waals surface area contributed by atoms with Crippen LogP contribution in [-0.4, -0.2) is 26.9 Å². The molecule has 1 amide bonds. The lowest BCUT2D eigenvalue weighted by molar-refractivity contribution is 0.0765. The van der Waals surface area contributed by atoms with Gasteiger partial charge in [0.2, 0.25) is 5.82 Å². The van der Waals surface area contributed by atoms with Crippen molar-refractivity contribution in [1.29, 1.82) is 0 Å². The van der Waals surface area contributed by atoms with Crippen LogP contribution in [0.1, 0.15) is 24.0 Å². The average Bonchev–Trinajstić information content (AvgIpc) is 2.59. The van der Waals surface area contributed by atoms with E-state index in [1.807, 2.05) is 4.57 Å². The van der Waals surface area contributed by atoms with E-state index in [9.17, 15) is 4.79 Å². The minimum Gasteiger partial charge on any atom is -0.318 e. The molecule has 5 heteroatoms. The number of amides is 1. The van der Waals surface area contributed by atoms with Gasteiger partial charge in [-0.3, -0.25) is 9.36 Å². The number of halogens is 1. The summed E-state index contributed by atoms with van der Waals surface area (Å²) in [6, 6.07) is 0. The molecule has 0 unspecified atom stereocenters. The maximum absolute atomic E-state index is 11.6. The number of imidazole rings is 1. The van der Waals surface area contributed by atoms with Crippen LogP contribution in [0.3, 0.4) is 0 Å². The SMILES string of the molecule is CCCN1Cn2c(Br)cnc2C1=O. The quantitative estimate of drug-likeness (QED) is 0.790. The molecule has 0 saturated carbocycles. The van der Waals surface area contributed by atoms with Crippen molar-refractivity contribution in [3.05, 3.63) is 16.6 Å². The Hall–Kier alpha value is -0.840. The molecule has 0 bridgehead atoms. The summed E-state index contributed by atoms with van der Waals surface area (Å²) in [5.74, 6) is 0.577. The second-order valence-electron chi connectivity index (χ2n) is 3.04. The molecule has 0 spiro atoms. The lowest BCUT2D eigenvalue weighted by Crippen LogP contribution is -2.25. The standard InChI is InChI=1S/C8H10BrN3O/c1-2-3-11-5-12-6(9)4-10-7(12)8(11)13/h4H,2-3,5H2,1H3. The molecule has 2 rings (SSSR count). The van der Waals surface area contributed by atoms with Gasteiger partial charge in [0.05, 0.1) is 6.20 Å². The summed E-state index contributed by atoms with van der Waals surface area (Å²) in [5, 5.41) is 0. The Morgan fingerprint density at radius 3 is 3.08 bits per heavy atom. The van der Waals surface area contributed by atoms with E-state index in [2.05, 4.69) is 27.8 Å². The van der Waals surface area contributed by atoms with Crippen LogP contribution >= 0.6 is 15.9 Å². The Balaban J connectivity index is 2.28. The van der Waals surface area contributed by atoms with Crippen LogP contribution in [-0.2, 0) is 6.67 Å². The van der Waals surface area contributed by atoms with Crippen LogP contribution in [0.5, 0.6) is 0 Å². The monoisotopic (exact) mass is 243 g/mol. The third-order valence-corrected chi connectivity index (χ3v) is 2.72. The van der Waals surface area contributed by atoms with Crippen LogP contribution in [0.2, 0.25) is 0 Å². The van der Waals surface area contributed by atoms with Gasteiger partial charge in [-0.15, -0.1) is 0 Å². The molecule has 0 N–H and O–H groups in total. The first-order chi connectivity index (χ1) is 6.24. The van der Waals surface area contributed by atoms with Crippen LogP contribution in [0.4, 0.5) is 0 Å². The molecule has 0 aromatic carbocycles. The van der Waals surface area contributed by atoms with Gasteiger partial charge in [-0.1, -0.05) is 6.92 Å². The van der Waals surface area contributed by atoms with E-state index in [0.29, 0.717) is 12.5 Å². The van der Waals surface area contributed by atoms with Gasteiger partial charge in [-0.05, 0) is 22.4 Å². The molecule has 4 nitrogen and oxygen atoms in total. The van der Waals surface area contributed by atoms with Crippen LogP contribution in [0.15, 0.2) is 10.8 Å². The van der Waals surface area contributed by atoms with Crippen molar-refractivity contribution in [2.24, 2.45) is 0 Å². The summed E-state index contributed by atoms with van der Waals surface area (Å²) in [5.41, 5.74) is 0. The van der Waals surface area contributed by atoms with E-state index >= 15 is 0 Å². The Kier molecular flexibility index (Phi) is 2.11. The van der Waals surface area contributed by atoms with Crippen LogP contribution < -0.4 is 0 Å². The maximum Gasteiger partial charge on any atom is 0.291 e. The molecule has 1 aliphatic rings. The van der Waals surface area contributed by atoms with Crippen molar-refractivity contribution in [2.45, 2.75) is 20.0 Å². The van der Waals surface area contributed by atoms with Gasteiger partial charge in [0.15, 0.2) is 0 Å². The van der Waals surface area contributed by atoms with Crippen molar-refractivity contribution in [3.8, 4) is 0 Å². The molecule has 0 radical (unpaired) electrons. The predicted molar refractivity (Wildman–Crippen MR) is 51.3 cm³/mol. The molecule has 0 saturated heterocycles. The Morgan fingerprint density at radius 1 is 1.69 bits per heavy atom. The highest BCUT2D eigenvalue weighted by molar-refractivity contribution is 9.10. The number of aromatic nitrogens is 2. The van der Waals surface area contributed by atoms with E-state index < -0.39 is 0 Å². The third kappa shape index (κ3) is 1.27. The first kappa shape index (κ1) is 8.74. The maximum atomic E-state index is 11.6. The smallest absolute Gasteiger partial charge is 0.291 e. The van der Waals surface area contributed by atoms with Crippen molar-refractivity contribution < 1.29 is 4.79 Å². The van der Waals surface area contributed by atoms with Gasteiger partial charge in [-0.2, -0.15) is 0 Å². The zero-order valence-electron chi connectivity index (χ0n) is 7.33. The summed E-state index contributed by atoms with van der Waals surface area (Å²) in [6.45, 7) is 3.49. The number of hydrogen-bond acceptors (Lipinski definition) is 2. The second kappa shape index (κ2) is 3.14. The van der Waals surface area contributed by atoms with Crippen molar-refractivity contribution in [2.75, 3.05) is 6.54 Å². The Labute approximate surface area is 84.7 Å². The normalized spacial score (nSPS) is 15.2. The summed E-state index contributed by atoms with van der Waals surface area (Å²) in [6.07, 6.45) is 2.64. The number of carbonyl (C=O) groups is 1. The number of hydrogen-bond donors (Lipinski definition) is 0. The summed E-state index contributed by atoms with van der Waals surface area (Å²) >= 11 is 3.34. The zero-order valence-corrected chi connectivity index (χ0v) is 8.91. The second-order valence-corrected chi connectivity index (χ2v) is 3.86. The van der Waals surface area contributed by atoms with Crippen molar-refractivity contribution in [1.82, 2.24) is 14.5 Å². The number of rotatable bonds is 2. The molecule has 1 aromatic rings. The first-order valence-corrected chi connectivity index (χ1v) is 5.03. The summed E-state index contributed by atoms with van der Waals surface area (Å²) in [4.78, 5) is 17.5. The first-order valence-electron chi connectivity index (χ1n) is 4.24. The summed E-state index contributed by atoms with van der Waals surface area (Å²) in [7, 11) is 0. The third-order valence-electron chi connectivity index (χ3n) is 2.09.